The molecular formula is C10H15F3O. The Labute approximate surface area is 82.0 Å². The van der Waals surface area contributed by atoms with E-state index in [1.165, 1.54) is 6.08 Å². The maximum absolute atomic E-state index is 11.7. The molecular weight excluding hydrogens is 193 g/mol. The number of alkyl halides is 3. The second-order valence-corrected chi connectivity index (χ2v) is 3.09. The molecule has 0 atom stereocenters. The van der Waals surface area contributed by atoms with Gasteiger partial charge in [0.15, 0.2) is 5.78 Å². The molecule has 0 aromatic rings. The van der Waals surface area contributed by atoms with Gasteiger partial charge in [0.05, 0.1) is 6.42 Å². The lowest BCUT2D eigenvalue weighted by Crippen LogP contribution is -2.09. The Morgan fingerprint density at radius 3 is 2.07 bits per heavy atom. The van der Waals surface area contributed by atoms with Gasteiger partial charge in [-0.05, 0) is 18.9 Å². The van der Waals surface area contributed by atoms with Crippen molar-refractivity contribution >= 4 is 5.78 Å². The van der Waals surface area contributed by atoms with E-state index < -0.39 is 24.8 Å². The minimum absolute atomic E-state index is 0.430. The predicted octanol–water partition coefficient (Wildman–Crippen LogP) is 3.64. The molecule has 1 nitrogen and oxygen atoms in total. The highest BCUT2D eigenvalue weighted by Gasteiger charge is 2.27. The third-order valence-electron chi connectivity index (χ3n) is 1.93. The van der Waals surface area contributed by atoms with E-state index >= 15 is 0 Å². The molecule has 0 radical (unpaired) electrons. The van der Waals surface area contributed by atoms with E-state index in [4.69, 9.17) is 0 Å². The Kier molecular flexibility index (Phi) is 5.50. The zero-order valence-corrected chi connectivity index (χ0v) is 8.45. The van der Waals surface area contributed by atoms with Crippen molar-refractivity contribution in [3.8, 4) is 0 Å². The van der Waals surface area contributed by atoms with Crippen LogP contribution in [0.25, 0.3) is 0 Å². The van der Waals surface area contributed by atoms with E-state index in [1.807, 2.05) is 13.8 Å². The molecule has 0 heterocycles. The van der Waals surface area contributed by atoms with Crippen LogP contribution in [0.15, 0.2) is 11.6 Å². The molecule has 0 aromatic carbocycles. The van der Waals surface area contributed by atoms with Gasteiger partial charge in [0.1, 0.15) is 0 Å². The van der Waals surface area contributed by atoms with Crippen LogP contribution in [0.4, 0.5) is 13.2 Å². The fraction of sp³-hybridized carbons (Fsp3) is 0.700. The summed E-state index contributed by atoms with van der Waals surface area (Å²) in [6.07, 6.45) is -2.92. The summed E-state index contributed by atoms with van der Waals surface area (Å²) in [5, 5.41) is 0. The summed E-state index contributed by atoms with van der Waals surface area (Å²) in [5.41, 5.74) is 0.900. The second kappa shape index (κ2) is 5.83. The molecule has 4 heteroatoms. The zero-order chi connectivity index (χ0) is 11.2. The SMILES string of the molecule is CCC(=CC(=O)CCC(F)(F)F)CC. The van der Waals surface area contributed by atoms with Gasteiger partial charge in [0, 0.05) is 6.42 Å². The number of ketones is 1. The van der Waals surface area contributed by atoms with Crippen LogP contribution in [0.3, 0.4) is 0 Å². The molecule has 0 fully saturated rings. The number of allylic oxidation sites excluding steroid dienone is 2. The first kappa shape index (κ1) is 13.2. The minimum atomic E-state index is -4.23. The smallest absolute Gasteiger partial charge is 0.295 e. The Morgan fingerprint density at radius 1 is 1.21 bits per heavy atom. The minimum Gasteiger partial charge on any atom is -0.295 e. The summed E-state index contributed by atoms with van der Waals surface area (Å²) in [6, 6.07) is 0. The number of hydrogen-bond donors (Lipinski definition) is 0. The fourth-order valence-electron chi connectivity index (χ4n) is 1.02. The van der Waals surface area contributed by atoms with E-state index in [0.717, 1.165) is 5.57 Å². The van der Waals surface area contributed by atoms with Crippen molar-refractivity contribution in [2.45, 2.75) is 45.7 Å². The standard InChI is InChI=1S/C10H15F3O/c1-3-8(4-2)7-9(14)5-6-10(11,12)13/h7H,3-6H2,1-2H3. The predicted molar refractivity (Wildman–Crippen MR) is 49.0 cm³/mol. The lowest BCUT2D eigenvalue weighted by atomic mass is 10.1. The summed E-state index contributed by atoms with van der Waals surface area (Å²) in [5.74, 6) is -0.430. The normalized spacial score (nSPS) is 11.2. The molecule has 0 saturated heterocycles. The van der Waals surface area contributed by atoms with Crippen molar-refractivity contribution in [2.75, 3.05) is 0 Å². The van der Waals surface area contributed by atoms with E-state index in [9.17, 15) is 18.0 Å². The molecule has 82 valence electrons. The lowest BCUT2D eigenvalue weighted by molar-refractivity contribution is -0.141. The molecule has 0 aliphatic carbocycles. The number of rotatable bonds is 5. The topological polar surface area (TPSA) is 17.1 Å². The summed E-state index contributed by atoms with van der Waals surface area (Å²) in [6.45, 7) is 3.76. The molecule has 0 N–H and O–H groups in total. The summed E-state index contributed by atoms with van der Waals surface area (Å²) < 4.78 is 35.2. The van der Waals surface area contributed by atoms with E-state index in [1.54, 1.807) is 0 Å². The quantitative estimate of drug-likeness (QED) is 0.630. The molecule has 14 heavy (non-hydrogen) atoms. The van der Waals surface area contributed by atoms with Crippen LogP contribution in [0.2, 0.25) is 0 Å². The lowest BCUT2D eigenvalue weighted by Gasteiger charge is -2.04. The Morgan fingerprint density at radius 2 is 1.71 bits per heavy atom. The second-order valence-electron chi connectivity index (χ2n) is 3.09. The van der Waals surface area contributed by atoms with Gasteiger partial charge >= 0.3 is 6.18 Å². The van der Waals surface area contributed by atoms with Gasteiger partial charge in [-0.1, -0.05) is 19.4 Å². The third kappa shape index (κ3) is 6.69. The van der Waals surface area contributed by atoms with Crippen molar-refractivity contribution in [3.63, 3.8) is 0 Å². The molecule has 0 spiro atoms. The maximum atomic E-state index is 11.7. The van der Waals surface area contributed by atoms with Crippen molar-refractivity contribution in [3.05, 3.63) is 11.6 Å². The zero-order valence-electron chi connectivity index (χ0n) is 8.45. The van der Waals surface area contributed by atoms with Gasteiger partial charge in [-0.3, -0.25) is 4.79 Å². The number of hydrogen-bond acceptors (Lipinski definition) is 1. The first-order valence-electron chi connectivity index (χ1n) is 4.68. The van der Waals surface area contributed by atoms with E-state index in [2.05, 4.69) is 0 Å². The Bertz CT molecular complexity index is 210. The Hall–Kier alpha value is -0.800. The highest BCUT2D eigenvalue weighted by Crippen LogP contribution is 2.21. The molecule has 0 aliphatic heterocycles. The summed E-state index contributed by atoms with van der Waals surface area (Å²) >= 11 is 0. The monoisotopic (exact) mass is 208 g/mol. The van der Waals surface area contributed by atoms with Crippen LogP contribution in [0.1, 0.15) is 39.5 Å². The fourth-order valence-corrected chi connectivity index (χ4v) is 1.02. The first-order valence-corrected chi connectivity index (χ1v) is 4.68. The number of halogens is 3. The van der Waals surface area contributed by atoms with Crippen LogP contribution < -0.4 is 0 Å². The highest BCUT2D eigenvalue weighted by molar-refractivity contribution is 5.90. The molecule has 0 bridgehead atoms. The summed E-state index contributed by atoms with van der Waals surface area (Å²) in [7, 11) is 0. The number of carbonyl (C=O) groups excluding carboxylic acids is 1. The average molecular weight is 208 g/mol. The first-order chi connectivity index (χ1) is 6.39. The van der Waals surface area contributed by atoms with Crippen LogP contribution >= 0.6 is 0 Å². The molecule has 0 unspecified atom stereocenters. The van der Waals surface area contributed by atoms with Gasteiger partial charge in [0.25, 0.3) is 0 Å². The van der Waals surface area contributed by atoms with Crippen molar-refractivity contribution in [1.82, 2.24) is 0 Å². The third-order valence-corrected chi connectivity index (χ3v) is 1.93. The highest BCUT2D eigenvalue weighted by atomic mass is 19.4. The van der Waals surface area contributed by atoms with Crippen molar-refractivity contribution in [1.29, 1.82) is 0 Å². The van der Waals surface area contributed by atoms with Crippen molar-refractivity contribution in [2.24, 2.45) is 0 Å². The molecule has 0 rings (SSSR count). The average Bonchev–Trinajstić information content (AvgIpc) is 2.09. The van der Waals surface area contributed by atoms with Crippen LogP contribution in [0, 0.1) is 0 Å². The molecule has 0 amide bonds. The van der Waals surface area contributed by atoms with E-state index in [-0.39, 0.29) is 0 Å². The molecule has 0 saturated carbocycles. The van der Waals surface area contributed by atoms with Gasteiger partial charge in [-0.15, -0.1) is 0 Å². The van der Waals surface area contributed by atoms with Gasteiger partial charge in [-0.2, -0.15) is 13.2 Å². The molecule has 0 aromatic heterocycles. The van der Waals surface area contributed by atoms with Crippen LogP contribution in [0.5, 0.6) is 0 Å². The van der Waals surface area contributed by atoms with Gasteiger partial charge in [-0.25, -0.2) is 0 Å². The molecule has 0 aliphatic rings. The van der Waals surface area contributed by atoms with Gasteiger partial charge < -0.3 is 0 Å². The van der Waals surface area contributed by atoms with Gasteiger partial charge in [0.2, 0.25) is 0 Å². The summed E-state index contributed by atoms with van der Waals surface area (Å²) in [4.78, 5) is 11.0. The van der Waals surface area contributed by atoms with E-state index in [0.29, 0.717) is 12.8 Å². The number of carbonyl (C=O) groups is 1. The van der Waals surface area contributed by atoms with Crippen LogP contribution in [-0.4, -0.2) is 12.0 Å². The van der Waals surface area contributed by atoms with Crippen molar-refractivity contribution < 1.29 is 18.0 Å². The Balaban J connectivity index is 4.04. The van der Waals surface area contributed by atoms with Crippen LogP contribution in [-0.2, 0) is 4.79 Å². The maximum Gasteiger partial charge on any atom is 0.389 e. The largest absolute Gasteiger partial charge is 0.389 e.